The minimum absolute atomic E-state index is 0.0504. The standard InChI is InChI=1S/C32H38N4O6S/c1-3-41-30-12-8-7-11-29(30)36(43(39,40)28-19-13-24(2)14-20-28)22-31(37)35-33-21-25-15-17-27(18-16-25)42-23-32(38)34-26-9-5-4-6-10-26/h7-8,11-21,26H,3-6,9-10,22-23H2,1-2H3,(H,34,38)(H,35,37)/b33-21-. The molecule has 0 heterocycles. The molecule has 0 bridgehead atoms. The Morgan fingerprint density at radius 1 is 0.930 bits per heavy atom. The highest BCUT2D eigenvalue weighted by atomic mass is 32.2. The van der Waals surface area contributed by atoms with Crippen LogP contribution >= 0.6 is 0 Å². The fourth-order valence-corrected chi connectivity index (χ4v) is 6.17. The van der Waals surface area contributed by atoms with Gasteiger partial charge in [-0.05, 0) is 80.8 Å². The average Bonchev–Trinajstić information content (AvgIpc) is 3.01. The highest BCUT2D eigenvalue weighted by Crippen LogP contribution is 2.32. The molecule has 1 aliphatic carbocycles. The van der Waals surface area contributed by atoms with Gasteiger partial charge in [-0.25, -0.2) is 13.8 Å². The smallest absolute Gasteiger partial charge is 0.264 e. The Balaban J connectivity index is 1.38. The Morgan fingerprint density at radius 2 is 1.63 bits per heavy atom. The van der Waals surface area contributed by atoms with Crippen LogP contribution in [0.1, 0.15) is 50.2 Å². The largest absolute Gasteiger partial charge is 0.492 e. The van der Waals surface area contributed by atoms with Gasteiger partial charge in [-0.3, -0.25) is 13.9 Å². The number of rotatable bonds is 13. The molecule has 10 nitrogen and oxygen atoms in total. The van der Waals surface area contributed by atoms with Gasteiger partial charge in [0.15, 0.2) is 6.61 Å². The molecule has 0 radical (unpaired) electrons. The van der Waals surface area contributed by atoms with Crippen LogP contribution in [0.5, 0.6) is 11.5 Å². The van der Waals surface area contributed by atoms with Crippen LogP contribution in [0.15, 0.2) is 82.8 Å². The predicted molar refractivity (Wildman–Crippen MR) is 166 cm³/mol. The lowest BCUT2D eigenvalue weighted by Crippen LogP contribution is -2.39. The molecule has 1 saturated carbocycles. The van der Waals surface area contributed by atoms with E-state index >= 15 is 0 Å². The summed E-state index contributed by atoms with van der Waals surface area (Å²) < 4.78 is 39.6. The topological polar surface area (TPSA) is 126 Å². The van der Waals surface area contributed by atoms with Crippen LogP contribution in [0, 0.1) is 6.92 Å². The highest BCUT2D eigenvalue weighted by molar-refractivity contribution is 7.92. The summed E-state index contributed by atoms with van der Waals surface area (Å²) >= 11 is 0. The van der Waals surface area contributed by atoms with Crippen molar-refractivity contribution in [2.45, 2.75) is 56.9 Å². The van der Waals surface area contributed by atoms with Crippen molar-refractivity contribution in [3.8, 4) is 11.5 Å². The van der Waals surface area contributed by atoms with Gasteiger partial charge >= 0.3 is 0 Å². The number of hydrogen-bond donors (Lipinski definition) is 2. The van der Waals surface area contributed by atoms with E-state index in [0.717, 1.165) is 35.6 Å². The molecule has 1 fully saturated rings. The molecule has 2 amide bonds. The third-order valence-corrected chi connectivity index (χ3v) is 8.73. The van der Waals surface area contributed by atoms with Gasteiger partial charge in [0.2, 0.25) is 0 Å². The van der Waals surface area contributed by atoms with Crippen molar-refractivity contribution in [1.82, 2.24) is 10.7 Å². The van der Waals surface area contributed by atoms with E-state index in [2.05, 4.69) is 15.8 Å². The second-order valence-corrected chi connectivity index (χ2v) is 12.1. The number of hydrazone groups is 1. The van der Waals surface area contributed by atoms with Crippen molar-refractivity contribution in [1.29, 1.82) is 0 Å². The average molecular weight is 607 g/mol. The monoisotopic (exact) mass is 606 g/mol. The van der Waals surface area contributed by atoms with Crippen LogP contribution in [0.4, 0.5) is 5.69 Å². The maximum atomic E-state index is 13.7. The minimum Gasteiger partial charge on any atom is -0.492 e. The molecule has 0 saturated heterocycles. The summed E-state index contributed by atoms with van der Waals surface area (Å²) in [4.78, 5) is 25.2. The minimum atomic E-state index is -4.11. The van der Waals surface area contributed by atoms with E-state index in [0.29, 0.717) is 23.7 Å². The number of sulfonamides is 1. The first-order valence-electron chi connectivity index (χ1n) is 14.4. The summed E-state index contributed by atoms with van der Waals surface area (Å²) in [6, 6.07) is 20.2. The summed E-state index contributed by atoms with van der Waals surface area (Å²) in [5.41, 5.74) is 4.23. The lowest BCUT2D eigenvalue weighted by atomic mass is 9.95. The van der Waals surface area contributed by atoms with Crippen LogP contribution in [0.25, 0.3) is 0 Å². The molecule has 43 heavy (non-hydrogen) atoms. The normalized spacial score (nSPS) is 13.8. The van der Waals surface area contributed by atoms with E-state index in [1.54, 1.807) is 67.6 Å². The molecule has 228 valence electrons. The molecule has 3 aromatic rings. The van der Waals surface area contributed by atoms with Gasteiger partial charge < -0.3 is 14.8 Å². The second kappa shape index (κ2) is 15.2. The Labute approximate surface area is 253 Å². The van der Waals surface area contributed by atoms with Crippen molar-refractivity contribution >= 4 is 33.7 Å². The fraction of sp³-hybridized carbons (Fsp3) is 0.344. The quantitative estimate of drug-likeness (QED) is 0.217. The Morgan fingerprint density at radius 3 is 2.33 bits per heavy atom. The molecular formula is C32H38N4O6S. The number of anilines is 1. The van der Waals surface area contributed by atoms with Crippen LogP contribution in [-0.2, 0) is 19.6 Å². The maximum absolute atomic E-state index is 13.7. The number of hydrogen-bond acceptors (Lipinski definition) is 7. The second-order valence-electron chi connectivity index (χ2n) is 10.3. The molecule has 2 N–H and O–H groups in total. The molecular weight excluding hydrogens is 568 g/mol. The number of nitrogens with one attached hydrogen (secondary N) is 2. The number of ether oxygens (including phenoxy) is 2. The van der Waals surface area contributed by atoms with Gasteiger partial charge in [0.25, 0.3) is 21.8 Å². The van der Waals surface area contributed by atoms with Gasteiger partial charge in [0.1, 0.15) is 18.0 Å². The number of carbonyl (C=O) groups excluding carboxylic acids is 2. The first-order valence-corrected chi connectivity index (χ1v) is 15.9. The molecule has 0 aliphatic heterocycles. The molecule has 0 aromatic heterocycles. The molecule has 0 spiro atoms. The van der Waals surface area contributed by atoms with Crippen molar-refractivity contribution in [3.05, 3.63) is 83.9 Å². The highest BCUT2D eigenvalue weighted by Gasteiger charge is 2.29. The molecule has 0 atom stereocenters. The lowest BCUT2D eigenvalue weighted by Gasteiger charge is -2.25. The van der Waals surface area contributed by atoms with Crippen LogP contribution in [0.3, 0.4) is 0 Å². The number of amides is 2. The van der Waals surface area contributed by atoms with Gasteiger partial charge in [-0.15, -0.1) is 0 Å². The number of benzene rings is 3. The van der Waals surface area contributed by atoms with Crippen molar-refractivity contribution in [2.75, 3.05) is 24.1 Å². The number of carbonyl (C=O) groups is 2. The summed E-state index contributed by atoms with van der Waals surface area (Å²) in [5.74, 6) is 0.0976. The third-order valence-electron chi connectivity index (χ3n) is 6.95. The summed E-state index contributed by atoms with van der Waals surface area (Å²) in [5, 5.41) is 7.02. The predicted octanol–water partition coefficient (Wildman–Crippen LogP) is 4.57. The van der Waals surface area contributed by atoms with E-state index in [4.69, 9.17) is 9.47 Å². The van der Waals surface area contributed by atoms with Gasteiger partial charge in [-0.1, -0.05) is 49.1 Å². The number of para-hydroxylation sites is 2. The van der Waals surface area contributed by atoms with Gasteiger partial charge in [-0.2, -0.15) is 5.10 Å². The third kappa shape index (κ3) is 9.05. The van der Waals surface area contributed by atoms with E-state index in [1.165, 1.54) is 24.8 Å². The summed E-state index contributed by atoms with van der Waals surface area (Å²) in [6.45, 7) is 3.40. The van der Waals surface area contributed by atoms with Gasteiger partial charge in [0, 0.05) is 6.04 Å². The Kier molecular flexibility index (Phi) is 11.2. The van der Waals surface area contributed by atoms with E-state index < -0.39 is 22.5 Å². The number of nitrogens with zero attached hydrogens (tertiary/aromatic N) is 2. The lowest BCUT2D eigenvalue weighted by molar-refractivity contribution is -0.124. The van der Waals surface area contributed by atoms with Crippen molar-refractivity contribution < 1.29 is 27.5 Å². The Hall–Kier alpha value is -4.38. The molecule has 3 aromatic carbocycles. The first kappa shape index (κ1) is 31.6. The van der Waals surface area contributed by atoms with Crippen LogP contribution in [0.2, 0.25) is 0 Å². The summed E-state index contributed by atoms with van der Waals surface area (Å²) in [7, 11) is -4.11. The zero-order valence-corrected chi connectivity index (χ0v) is 25.3. The zero-order chi connectivity index (χ0) is 30.7. The van der Waals surface area contributed by atoms with E-state index in [-0.39, 0.29) is 29.1 Å². The SMILES string of the molecule is CCOc1ccccc1N(CC(=O)N/N=C\c1ccc(OCC(=O)NC2CCCCC2)cc1)S(=O)(=O)c1ccc(C)cc1. The zero-order valence-electron chi connectivity index (χ0n) is 24.5. The van der Waals surface area contributed by atoms with Gasteiger partial charge in [0.05, 0.1) is 23.4 Å². The van der Waals surface area contributed by atoms with E-state index in [9.17, 15) is 18.0 Å². The Bertz CT molecular complexity index is 1500. The maximum Gasteiger partial charge on any atom is 0.264 e. The first-order chi connectivity index (χ1) is 20.8. The molecule has 0 unspecified atom stereocenters. The van der Waals surface area contributed by atoms with Crippen LogP contribution in [-0.4, -0.2) is 52.2 Å². The number of aryl methyl sites for hydroxylation is 1. The fourth-order valence-electron chi connectivity index (χ4n) is 4.74. The molecule has 11 heteroatoms. The van der Waals surface area contributed by atoms with Crippen molar-refractivity contribution in [2.24, 2.45) is 5.10 Å². The van der Waals surface area contributed by atoms with Crippen LogP contribution < -0.4 is 24.5 Å². The molecule has 4 rings (SSSR count). The summed E-state index contributed by atoms with van der Waals surface area (Å²) in [6.07, 6.45) is 6.96. The van der Waals surface area contributed by atoms with Crippen molar-refractivity contribution in [3.63, 3.8) is 0 Å². The van der Waals surface area contributed by atoms with E-state index in [1.807, 2.05) is 6.92 Å². The molecule has 1 aliphatic rings.